The summed E-state index contributed by atoms with van der Waals surface area (Å²) in [5.41, 5.74) is 2.62. The van der Waals surface area contributed by atoms with E-state index in [9.17, 15) is 5.11 Å². The number of hydrogen-bond donors (Lipinski definition) is 1. The number of allylic oxidation sites excluding steroid dienone is 1. The van der Waals surface area contributed by atoms with Gasteiger partial charge in [-0.05, 0) is 18.3 Å². The molecular weight excluding hydrogens is 330 g/mol. The molecule has 0 spiro atoms. The second-order valence-electron chi connectivity index (χ2n) is 4.86. The van der Waals surface area contributed by atoms with Crippen LogP contribution in [0, 0.1) is 3.95 Å². The summed E-state index contributed by atoms with van der Waals surface area (Å²) in [6.07, 6.45) is 3.55. The highest BCUT2D eigenvalue weighted by atomic mass is 32.1. The van der Waals surface area contributed by atoms with Crippen LogP contribution in [0.1, 0.15) is 10.4 Å². The summed E-state index contributed by atoms with van der Waals surface area (Å²) in [4.78, 5) is 0.693. The number of nitrogens with zero attached hydrogens (tertiary/aromatic N) is 3. The van der Waals surface area contributed by atoms with Gasteiger partial charge in [-0.25, -0.2) is 0 Å². The molecule has 1 N–H and O–H groups in total. The van der Waals surface area contributed by atoms with Crippen molar-refractivity contribution in [1.29, 1.82) is 0 Å². The number of aromatic nitrogens is 1. The largest absolute Gasteiger partial charge is 0.493 e. The molecule has 0 unspecified atom stereocenters. The first-order valence-electron chi connectivity index (χ1n) is 7.00. The van der Waals surface area contributed by atoms with Gasteiger partial charge in [-0.3, -0.25) is 4.57 Å². The fourth-order valence-corrected chi connectivity index (χ4v) is 3.53. The molecule has 5 nitrogen and oxygen atoms in total. The highest BCUT2D eigenvalue weighted by molar-refractivity contribution is 7.73. The first-order valence-corrected chi connectivity index (χ1v) is 8.23. The van der Waals surface area contributed by atoms with Crippen molar-refractivity contribution >= 4 is 41.6 Å². The number of rotatable bonds is 5. The minimum atomic E-state index is 0.150. The van der Waals surface area contributed by atoms with Crippen molar-refractivity contribution in [2.75, 3.05) is 13.7 Å². The van der Waals surface area contributed by atoms with Gasteiger partial charge in [0.05, 0.1) is 24.2 Å². The number of aromatic hydroxyl groups is 1. The molecule has 0 saturated carbocycles. The van der Waals surface area contributed by atoms with Gasteiger partial charge in [-0.15, -0.1) is 16.4 Å². The van der Waals surface area contributed by atoms with E-state index in [4.69, 9.17) is 17.0 Å². The number of methoxy groups -OCH3 is 1. The maximum Gasteiger partial charge on any atom is 0.210 e. The molecule has 2 aromatic rings. The van der Waals surface area contributed by atoms with E-state index in [2.05, 4.69) is 10.2 Å². The molecule has 0 bridgehead atoms. The zero-order valence-corrected chi connectivity index (χ0v) is 14.1. The van der Waals surface area contributed by atoms with Crippen LogP contribution in [0.5, 0.6) is 5.88 Å². The maximum atomic E-state index is 10.4. The Labute approximate surface area is 142 Å². The van der Waals surface area contributed by atoms with Crippen LogP contribution in [0.15, 0.2) is 46.1 Å². The molecular formula is C16H15N3O2S2. The van der Waals surface area contributed by atoms with Gasteiger partial charge in [0.25, 0.3) is 0 Å². The second-order valence-corrected chi connectivity index (χ2v) is 6.53. The minimum Gasteiger partial charge on any atom is -0.493 e. The Bertz CT molecular complexity index is 848. The fourth-order valence-electron chi connectivity index (χ4n) is 2.22. The molecule has 1 aliphatic rings. The molecule has 118 valence electrons. The van der Waals surface area contributed by atoms with E-state index in [1.54, 1.807) is 17.9 Å². The lowest BCUT2D eigenvalue weighted by atomic mass is 10.0. The lowest BCUT2D eigenvalue weighted by Gasteiger charge is -2.04. The van der Waals surface area contributed by atoms with Crippen molar-refractivity contribution in [3.05, 3.63) is 50.3 Å². The zero-order chi connectivity index (χ0) is 16.2. The quantitative estimate of drug-likeness (QED) is 0.844. The molecule has 23 heavy (non-hydrogen) atoms. The van der Waals surface area contributed by atoms with Crippen LogP contribution in [-0.4, -0.2) is 35.3 Å². The summed E-state index contributed by atoms with van der Waals surface area (Å²) in [7, 11) is 1.62. The lowest BCUT2D eigenvalue weighted by molar-refractivity contribution is 0.183. The predicted molar refractivity (Wildman–Crippen MR) is 96.1 cm³/mol. The molecule has 1 aromatic heterocycles. The van der Waals surface area contributed by atoms with Crippen molar-refractivity contribution < 1.29 is 9.84 Å². The normalized spacial score (nSPS) is 15.3. The first-order chi connectivity index (χ1) is 11.2. The van der Waals surface area contributed by atoms with Crippen LogP contribution in [0.25, 0.3) is 6.08 Å². The number of benzene rings is 1. The van der Waals surface area contributed by atoms with Crippen molar-refractivity contribution in [2.45, 2.75) is 6.54 Å². The molecule has 0 aliphatic carbocycles. The van der Waals surface area contributed by atoms with E-state index < -0.39 is 0 Å². The Morgan fingerprint density at radius 1 is 1.35 bits per heavy atom. The Hall–Kier alpha value is -2.09. The highest BCUT2D eigenvalue weighted by Gasteiger charge is 2.16. The van der Waals surface area contributed by atoms with Crippen LogP contribution in [0.4, 0.5) is 0 Å². The lowest BCUT2D eigenvalue weighted by Crippen LogP contribution is -2.03. The molecule has 2 heterocycles. The van der Waals surface area contributed by atoms with Crippen LogP contribution in [0.2, 0.25) is 0 Å². The summed E-state index contributed by atoms with van der Waals surface area (Å²) in [5.74, 6) is 0.150. The average molecular weight is 345 g/mol. The van der Waals surface area contributed by atoms with E-state index in [-0.39, 0.29) is 5.88 Å². The molecule has 3 rings (SSSR count). The monoisotopic (exact) mass is 345 g/mol. The third-order valence-corrected chi connectivity index (χ3v) is 4.76. The van der Waals surface area contributed by atoms with E-state index in [1.807, 2.05) is 36.4 Å². The van der Waals surface area contributed by atoms with E-state index in [1.165, 1.54) is 11.3 Å². The summed E-state index contributed by atoms with van der Waals surface area (Å²) >= 11 is 6.67. The maximum absolute atomic E-state index is 10.4. The minimum absolute atomic E-state index is 0.150. The van der Waals surface area contributed by atoms with E-state index in [0.29, 0.717) is 22.0 Å². The Kier molecular flexibility index (Phi) is 4.80. The van der Waals surface area contributed by atoms with Crippen LogP contribution in [0.3, 0.4) is 0 Å². The zero-order valence-electron chi connectivity index (χ0n) is 12.5. The highest BCUT2D eigenvalue weighted by Crippen LogP contribution is 2.29. The SMILES string of the molecule is COCCn1c(O)c(/C=C2\C=NN=C2c2ccccc2)sc1=S. The summed E-state index contributed by atoms with van der Waals surface area (Å²) in [6.45, 7) is 1.02. The van der Waals surface area contributed by atoms with Gasteiger partial charge in [0.15, 0.2) is 3.95 Å². The van der Waals surface area contributed by atoms with Crippen LogP contribution < -0.4 is 0 Å². The van der Waals surface area contributed by atoms with Crippen LogP contribution in [-0.2, 0) is 11.3 Å². The van der Waals surface area contributed by atoms with Gasteiger partial charge in [0.1, 0.15) is 5.71 Å². The summed E-state index contributed by atoms with van der Waals surface area (Å²) < 4.78 is 7.32. The number of hydrogen-bond acceptors (Lipinski definition) is 6. The van der Waals surface area contributed by atoms with Crippen molar-refractivity contribution in [2.24, 2.45) is 10.2 Å². The average Bonchev–Trinajstić information content (AvgIpc) is 3.13. The van der Waals surface area contributed by atoms with Gasteiger partial charge in [0, 0.05) is 18.2 Å². The van der Waals surface area contributed by atoms with E-state index >= 15 is 0 Å². The van der Waals surface area contributed by atoms with Crippen LogP contribution >= 0.6 is 23.6 Å². The molecule has 0 saturated heterocycles. The fraction of sp³-hybridized carbons (Fsp3) is 0.188. The van der Waals surface area contributed by atoms with E-state index in [0.717, 1.165) is 16.8 Å². The molecule has 0 fully saturated rings. The molecule has 0 atom stereocenters. The molecule has 1 aromatic carbocycles. The Morgan fingerprint density at radius 3 is 2.87 bits per heavy atom. The molecule has 0 radical (unpaired) electrons. The van der Waals surface area contributed by atoms with Gasteiger partial charge >= 0.3 is 0 Å². The van der Waals surface area contributed by atoms with Gasteiger partial charge in [-0.1, -0.05) is 30.3 Å². The molecule has 0 amide bonds. The Morgan fingerprint density at radius 2 is 2.13 bits per heavy atom. The Balaban J connectivity index is 1.94. The van der Waals surface area contributed by atoms with Gasteiger partial charge in [-0.2, -0.15) is 5.10 Å². The molecule has 1 aliphatic heterocycles. The van der Waals surface area contributed by atoms with Gasteiger partial charge < -0.3 is 9.84 Å². The third-order valence-electron chi connectivity index (χ3n) is 3.37. The first kappa shape index (κ1) is 15.8. The van der Waals surface area contributed by atoms with Crippen molar-refractivity contribution in [3.8, 4) is 5.88 Å². The summed E-state index contributed by atoms with van der Waals surface area (Å²) in [5, 5.41) is 18.5. The smallest absolute Gasteiger partial charge is 0.210 e. The molecule has 7 heteroatoms. The topological polar surface area (TPSA) is 59.1 Å². The standard InChI is InChI=1S/C16H15N3O2S2/c1-21-8-7-19-15(20)13(23-16(19)22)9-12-10-17-18-14(12)11-5-3-2-4-6-11/h2-6,9-10,20H,7-8H2,1H3/b12-9+. The van der Waals surface area contributed by atoms with Gasteiger partial charge in [0.2, 0.25) is 5.88 Å². The third kappa shape index (κ3) is 3.31. The number of thiazole rings is 1. The predicted octanol–water partition coefficient (Wildman–Crippen LogP) is 3.50. The van der Waals surface area contributed by atoms with Crippen molar-refractivity contribution in [1.82, 2.24) is 4.57 Å². The number of ether oxygens (including phenoxy) is 1. The second kappa shape index (κ2) is 6.99. The summed E-state index contributed by atoms with van der Waals surface area (Å²) in [6, 6.07) is 9.82. The van der Waals surface area contributed by atoms with Crippen molar-refractivity contribution in [3.63, 3.8) is 0 Å².